The molecule has 2 rings (SSSR count). The van der Waals surface area contributed by atoms with Crippen molar-refractivity contribution in [1.82, 2.24) is 0 Å². The Hall–Kier alpha value is -3.02. The number of phenolic OH excluding ortho intramolecular Hbond substituents is 2. The molecule has 25 heavy (non-hydrogen) atoms. The summed E-state index contributed by atoms with van der Waals surface area (Å²) in [5, 5.41) is 38.3. The minimum atomic E-state index is -1.19. The Labute approximate surface area is 145 Å². The largest absolute Gasteiger partial charge is 0.508 e. The number of benzene rings is 2. The SMILES string of the molecule is CC(C)(C(C(=O)O)c1ccc(O)cc1)C(C(=O)O)c1ccc(O)cc1. The lowest BCUT2D eigenvalue weighted by Gasteiger charge is -2.37. The first-order valence-corrected chi connectivity index (χ1v) is 7.68. The van der Waals surface area contributed by atoms with Gasteiger partial charge in [-0.3, -0.25) is 9.59 Å². The number of carbonyl (C=O) groups is 2. The average Bonchev–Trinajstić information content (AvgIpc) is 2.50. The second kappa shape index (κ2) is 6.84. The van der Waals surface area contributed by atoms with Crippen molar-refractivity contribution in [1.29, 1.82) is 0 Å². The molecule has 0 amide bonds. The highest BCUT2D eigenvalue weighted by atomic mass is 16.4. The van der Waals surface area contributed by atoms with Gasteiger partial charge in [-0.2, -0.15) is 0 Å². The van der Waals surface area contributed by atoms with Crippen LogP contribution in [-0.4, -0.2) is 32.4 Å². The maximum absolute atomic E-state index is 11.9. The summed E-state index contributed by atoms with van der Waals surface area (Å²) >= 11 is 0. The molecule has 0 fully saturated rings. The number of hydrogen-bond donors (Lipinski definition) is 4. The van der Waals surface area contributed by atoms with Crippen LogP contribution in [0.4, 0.5) is 0 Å². The molecule has 0 aliphatic rings. The summed E-state index contributed by atoms with van der Waals surface area (Å²) in [5.74, 6) is -4.52. The predicted octanol–water partition coefficient (Wildman–Crippen LogP) is 3.16. The molecule has 2 atom stereocenters. The van der Waals surface area contributed by atoms with Gasteiger partial charge in [0.1, 0.15) is 11.5 Å². The Balaban J connectivity index is 2.55. The van der Waals surface area contributed by atoms with Crippen LogP contribution in [0.3, 0.4) is 0 Å². The lowest BCUT2D eigenvalue weighted by molar-refractivity contribution is -0.146. The van der Waals surface area contributed by atoms with Gasteiger partial charge in [-0.15, -0.1) is 0 Å². The maximum Gasteiger partial charge on any atom is 0.311 e. The molecular weight excluding hydrogens is 324 g/mol. The number of aliphatic carboxylic acids is 2. The van der Waals surface area contributed by atoms with E-state index < -0.39 is 29.2 Å². The zero-order valence-corrected chi connectivity index (χ0v) is 13.9. The summed E-state index contributed by atoms with van der Waals surface area (Å²) in [7, 11) is 0. The zero-order valence-electron chi connectivity index (χ0n) is 13.9. The number of phenols is 2. The van der Waals surface area contributed by atoms with E-state index >= 15 is 0 Å². The summed E-state index contributed by atoms with van der Waals surface area (Å²) in [6.07, 6.45) is 0. The number of rotatable bonds is 6. The number of hydrogen-bond acceptors (Lipinski definition) is 4. The Morgan fingerprint density at radius 3 is 1.24 bits per heavy atom. The number of carboxylic acid groups (broad SMARTS) is 2. The summed E-state index contributed by atoms with van der Waals surface area (Å²) in [5.41, 5.74) is -0.383. The van der Waals surface area contributed by atoms with Crippen molar-refractivity contribution in [3.8, 4) is 11.5 Å². The molecule has 0 aliphatic carbocycles. The molecule has 0 saturated heterocycles. The van der Waals surface area contributed by atoms with Crippen LogP contribution < -0.4 is 0 Å². The topological polar surface area (TPSA) is 115 Å². The minimum absolute atomic E-state index is 0.000913. The normalized spacial score (nSPS) is 13.8. The quantitative estimate of drug-likeness (QED) is 0.640. The second-order valence-electron chi connectivity index (χ2n) is 6.55. The van der Waals surface area contributed by atoms with Gasteiger partial charge in [0.05, 0.1) is 11.8 Å². The molecule has 2 aromatic carbocycles. The smallest absolute Gasteiger partial charge is 0.311 e. The van der Waals surface area contributed by atoms with E-state index in [-0.39, 0.29) is 11.5 Å². The van der Waals surface area contributed by atoms with E-state index in [0.717, 1.165) is 0 Å². The third-order valence-corrected chi connectivity index (χ3v) is 4.43. The van der Waals surface area contributed by atoms with Crippen LogP contribution in [0, 0.1) is 5.41 Å². The van der Waals surface area contributed by atoms with Gasteiger partial charge in [0, 0.05) is 0 Å². The fourth-order valence-electron chi connectivity index (χ4n) is 3.28. The molecule has 0 spiro atoms. The molecule has 6 heteroatoms. The molecule has 0 bridgehead atoms. The van der Waals surface area contributed by atoms with E-state index in [1.807, 2.05) is 0 Å². The van der Waals surface area contributed by atoms with E-state index in [1.54, 1.807) is 13.8 Å². The lowest BCUT2D eigenvalue weighted by atomic mass is 9.64. The van der Waals surface area contributed by atoms with Crippen molar-refractivity contribution in [3.05, 3.63) is 59.7 Å². The highest BCUT2D eigenvalue weighted by Crippen LogP contribution is 2.47. The van der Waals surface area contributed by atoms with Gasteiger partial charge in [-0.25, -0.2) is 0 Å². The van der Waals surface area contributed by atoms with Crippen molar-refractivity contribution in [2.24, 2.45) is 5.41 Å². The Kier molecular flexibility index (Phi) is 5.02. The van der Waals surface area contributed by atoms with Crippen LogP contribution in [0.2, 0.25) is 0 Å². The lowest BCUT2D eigenvalue weighted by Crippen LogP contribution is -2.38. The monoisotopic (exact) mass is 344 g/mol. The van der Waals surface area contributed by atoms with Gasteiger partial charge < -0.3 is 20.4 Å². The van der Waals surface area contributed by atoms with Crippen LogP contribution in [0.25, 0.3) is 0 Å². The van der Waals surface area contributed by atoms with Gasteiger partial charge in [-0.05, 0) is 40.8 Å². The molecule has 2 unspecified atom stereocenters. The number of aromatic hydroxyl groups is 2. The summed E-state index contributed by atoms with van der Waals surface area (Å²) in [6.45, 7) is 3.18. The molecule has 0 heterocycles. The first-order chi connectivity index (χ1) is 11.6. The fourth-order valence-corrected chi connectivity index (χ4v) is 3.28. The molecule has 132 valence electrons. The summed E-state index contributed by atoms with van der Waals surface area (Å²) in [4.78, 5) is 23.9. The van der Waals surface area contributed by atoms with Crippen LogP contribution in [-0.2, 0) is 9.59 Å². The van der Waals surface area contributed by atoms with E-state index in [0.29, 0.717) is 11.1 Å². The minimum Gasteiger partial charge on any atom is -0.508 e. The highest BCUT2D eigenvalue weighted by molar-refractivity contribution is 5.82. The summed E-state index contributed by atoms with van der Waals surface area (Å²) < 4.78 is 0. The van der Waals surface area contributed by atoms with Gasteiger partial charge >= 0.3 is 11.9 Å². The van der Waals surface area contributed by atoms with E-state index in [9.17, 15) is 30.0 Å². The Bertz CT molecular complexity index is 696. The second-order valence-corrected chi connectivity index (χ2v) is 6.55. The predicted molar refractivity (Wildman–Crippen MR) is 90.7 cm³/mol. The molecule has 0 aromatic heterocycles. The summed E-state index contributed by atoms with van der Waals surface area (Å²) in [6, 6.07) is 11.4. The first-order valence-electron chi connectivity index (χ1n) is 7.68. The van der Waals surface area contributed by atoms with Crippen LogP contribution in [0.1, 0.15) is 36.8 Å². The van der Waals surface area contributed by atoms with Gasteiger partial charge in [0.25, 0.3) is 0 Å². The van der Waals surface area contributed by atoms with Crippen molar-refractivity contribution < 1.29 is 30.0 Å². The maximum atomic E-state index is 11.9. The van der Waals surface area contributed by atoms with Crippen molar-refractivity contribution in [3.63, 3.8) is 0 Å². The molecule has 0 radical (unpaired) electrons. The number of carboxylic acids is 2. The van der Waals surface area contributed by atoms with Crippen molar-refractivity contribution >= 4 is 11.9 Å². The molecular formula is C19H20O6. The highest BCUT2D eigenvalue weighted by Gasteiger charge is 2.46. The molecule has 4 N–H and O–H groups in total. The van der Waals surface area contributed by atoms with Gasteiger partial charge in [0.2, 0.25) is 0 Å². The third kappa shape index (κ3) is 3.74. The van der Waals surface area contributed by atoms with Crippen LogP contribution in [0.5, 0.6) is 11.5 Å². The zero-order chi connectivity index (χ0) is 18.8. The Morgan fingerprint density at radius 1 is 0.720 bits per heavy atom. The van der Waals surface area contributed by atoms with E-state index in [4.69, 9.17) is 0 Å². The Morgan fingerprint density at radius 2 is 1.00 bits per heavy atom. The molecule has 0 aliphatic heterocycles. The average molecular weight is 344 g/mol. The third-order valence-electron chi connectivity index (χ3n) is 4.43. The van der Waals surface area contributed by atoms with Crippen LogP contribution in [0.15, 0.2) is 48.5 Å². The van der Waals surface area contributed by atoms with E-state index in [2.05, 4.69) is 0 Å². The van der Waals surface area contributed by atoms with Crippen LogP contribution >= 0.6 is 0 Å². The van der Waals surface area contributed by atoms with Crippen molar-refractivity contribution in [2.45, 2.75) is 25.7 Å². The first kappa shape index (κ1) is 18.3. The fraction of sp³-hybridized carbons (Fsp3) is 0.263. The molecule has 2 aromatic rings. The van der Waals surface area contributed by atoms with E-state index in [1.165, 1.54) is 48.5 Å². The molecule has 0 saturated carbocycles. The van der Waals surface area contributed by atoms with Crippen molar-refractivity contribution in [2.75, 3.05) is 0 Å². The standard InChI is InChI=1S/C19H20O6/c1-19(2,15(17(22)23)11-3-7-13(20)8-4-11)16(18(24)25)12-5-9-14(21)10-6-12/h3-10,15-16,20-21H,1-2H3,(H,22,23)(H,24,25). The molecule has 6 nitrogen and oxygen atoms in total. The van der Waals surface area contributed by atoms with Gasteiger partial charge in [-0.1, -0.05) is 38.1 Å². The van der Waals surface area contributed by atoms with Gasteiger partial charge in [0.15, 0.2) is 0 Å².